The van der Waals surface area contributed by atoms with Crippen LogP contribution in [0.5, 0.6) is 0 Å². The van der Waals surface area contributed by atoms with Gasteiger partial charge in [-0.15, -0.1) is 0 Å². The molecule has 9 heteroatoms. The Morgan fingerprint density at radius 1 is 1.21 bits per heavy atom. The molecular weight excluding hydrogens is 407 g/mol. The van der Waals surface area contributed by atoms with Crippen molar-refractivity contribution in [2.45, 2.75) is 50.7 Å². The highest BCUT2D eigenvalue weighted by molar-refractivity contribution is 6.33. The summed E-state index contributed by atoms with van der Waals surface area (Å²) < 4.78 is 43.6. The predicted molar refractivity (Wildman–Crippen MR) is 105 cm³/mol. The minimum Gasteiger partial charge on any atom is -0.375 e. The molecule has 0 aliphatic carbocycles. The lowest BCUT2D eigenvalue weighted by molar-refractivity contribution is -0.139. The van der Waals surface area contributed by atoms with Crippen LogP contribution in [0.2, 0.25) is 5.02 Å². The van der Waals surface area contributed by atoms with Crippen LogP contribution >= 0.6 is 11.6 Å². The number of pyridine rings is 1. The van der Waals surface area contributed by atoms with Crippen LogP contribution in [-0.4, -0.2) is 55.2 Å². The Hall–Kier alpha value is -1.54. The van der Waals surface area contributed by atoms with Crippen molar-refractivity contribution >= 4 is 23.3 Å². The number of aromatic nitrogens is 1. The molecule has 0 spiro atoms. The number of piperidine rings is 1. The van der Waals surface area contributed by atoms with Crippen LogP contribution in [0.25, 0.3) is 0 Å². The molecule has 5 nitrogen and oxygen atoms in total. The van der Waals surface area contributed by atoms with Gasteiger partial charge in [0.2, 0.25) is 5.91 Å². The van der Waals surface area contributed by atoms with Crippen molar-refractivity contribution in [3.8, 4) is 0 Å². The molecular formula is C20H27ClF3N3O2. The molecule has 2 fully saturated rings. The summed E-state index contributed by atoms with van der Waals surface area (Å²) in [5.74, 6) is 0.791. The van der Waals surface area contributed by atoms with Gasteiger partial charge in [0.25, 0.3) is 0 Å². The number of nitrogens with zero attached hydrogens (tertiary/aromatic N) is 3. The highest BCUT2D eigenvalue weighted by atomic mass is 35.5. The number of carbonyl (C=O) groups is 1. The van der Waals surface area contributed by atoms with Crippen LogP contribution in [0.1, 0.15) is 44.1 Å². The second kappa shape index (κ2) is 9.51. The second-order valence-corrected chi connectivity index (χ2v) is 8.20. The summed E-state index contributed by atoms with van der Waals surface area (Å²) >= 11 is 6.10. The molecule has 0 N–H and O–H groups in total. The summed E-state index contributed by atoms with van der Waals surface area (Å²) in [5, 5.41) is 0.0182. The van der Waals surface area contributed by atoms with Gasteiger partial charge in [-0.2, -0.15) is 13.2 Å². The number of hydrogen-bond donors (Lipinski definition) is 0. The molecule has 29 heavy (non-hydrogen) atoms. The molecule has 0 unspecified atom stereocenters. The molecule has 0 aromatic carbocycles. The first kappa shape index (κ1) is 22.2. The van der Waals surface area contributed by atoms with Gasteiger partial charge in [0.1, 0.15) is 12.4 Å². The van der Waals surface area contributed by atoms with E-state index in [9.17, 15) is 18.0 Å². The Kier molecular flexibility index (Phi) is 7.27. The number of ether oxygens (including phenoxy) is 1. The fraction of sp³-hybridized carbons (Fsp3) is 0.700. The lowest BCUT2D eigenvalue weighted by atomic mass is 9.86. The van der Waals surface area contributed by atoms with Gasteiger partial charge in [0.15, 0.2) is 0 Å². The van der Waals surface area contributed by atoms with Gasteiger partial charge in [-0.1, -0.05) is 24.4 Å². The van der Waals surface area contributed by atoms with Gasteiger partial charge in [-0.25, -0.2) is 4.98 Å². The maximum atomic E-state index is 12.8. The molecule has 1 aromatic rings. The number of alkyl halides is 3. The van der Waals surface area contributed by atoms with Crippen molar-refractivity contribution in [2.24, 2.45) is 5.92 Å². The van der Waals surface area contributed by atoms with Crippen molar-refractivity contribution in [1.82, 2.24) is 9.88 Å². The highest BCUT2D eigenvalue weighted by Gasteiger charge is 2.35. The molecule has 0 radical (unpaired) electrons. The first-order valence-corrected chi connectivity index (χ1v) is 10.4. The molecule has 1 aromatic heterocycles. The zero-order valence-corrected chi connectivity index (χ0v) is 17.3. The number of rotatable bonds is 4. The largest absolute Gasteiger partial charge is 0.417 e. The van der Waals surface area contributed by atoms with E-state index in [-0.39, 0.29) is 23.6 Å². The maximum absolute atomic E-state index is 12.8. The maximum Gasteiger partial charge on any atom is 0.417 e. The van der Waals surface area contributed by atoms with E-state index in [4.69, 9.17) is 16.3 Å². The first-order valence-electron chi connectivity index (χ1n) is 10.1. The second-order valence-electron chi connectivity index (χ2n) is 7.79. The van der Waals surface area contributed by atoms with E-state index in [1.807, 2.05) is 9.80 Å². The Bertz CT molecular complexity index is 709. The number of methoxy groups -OCH3 is 1. The number of anilines is 1. The van der Waals surface area contributed by atoms with E-state index in [2.05, 4.69) is 4.98 Å². The van der Waals surface area contributed by atoms with E-state index in [0.717, 1.165) is 57.3 Å². The summed E-state index contributed by atoms with van der Waals surface area (Å²) in [6.07, 6.45) is 2.30. The van der Waals surface area contributed by atoms with E-state index in [1.165, 1.54) is 7.11 Å². The molecule has 2 saturated heterocycles. The van der Waals surface area contributed by atoms with Gasteiger partial charge >= 0.3 is 6.18 Å². The van der Waals surface area contributed by atoms with Gasteiger partial charge in [-0.05, 0) is 37.7 Å². The SMILES string of the molecule is COCC(=O)N1CCCCC[C@H]1C1CCN(c2ncc(C(F)(F)F)cc2Cl)CC1. The quantitative estimate of drug-likeness (QED) is 0.706. The smallest absolute Gasteiger partial charge is 0.375 e. The molecule has 1 amide bonds. The fourth-order valence-electron chi connectivity index (χ4n) is 4.45. The number of amides is 1. The summed E-state index contributed by atoms with van der Waals surface area (Å²) in [7, 11) is 1.53. The number of hydrogen-bond acceptors (Lipinski definition) is 4. The Morgan fingerprint density at radius 2 is 1.93 bits per heavy atom. The van der Waals surface area contributed by atoms with E-state index in [0.29, 0.717) is 24.8 Å². The summed E-state index contributed by atoms with van der Waals surface area (Å²) in [5.41, 5.74) is -0.841. The lowest BCUT2D eigenvalue weighted by Crippen LogP contribution is -2.49. The first-order chi connectivity index (χ1) is 13.8. The van der Waals surface area contributed by atoms with Crippen molar-refractivity contribution in [3.63, 3.8) is 0 Å². The average Bonchev–Trinajstić information content (AvgIpc) is 2.94. The monoisotopic (exact) mass is 433 g/mol. The van der Waals surface area contributed by atoms with E-state index < -0.39 is 11.7 Å². The van der Waals surface area contributed by atoms with Crippen molar-refractivity contribution in [1.29, 1.82) is 0 Å². The molecule has 2 aliphatic rings. The third kappa shape index (κ3) is 5.34. The van der Waals surface area contributed by atoms with Crippen molar-refractivity contribution < 1.29 is 22.7 Å². The molecule has 3 rings (SSSR count). The fourth-order valence-corrected chi connectivity index (χ4v) is 4.74. The molecule has 162 valence electrons. The summed E-state index contributed by atoms with van der Waals surface area (Å²) in [4.78, 5) is 20.4. The van der Waals surface area contributed by atoms with Crippen LogP contribution in [-0.2, 0) is 15.7 Å². The molecule has 1 atom stereocenters. The van der Waals surface area contributed by atoms with Crippen LogP contribution in [0.3, 0.4) is 0 Å². The average molecular weight is 434 g/mol. The van der Waals surface area contributed by atoms with Crippen LogP contribution in [0, 0.1) is 5.92 Å². The van der Waals surface area contributed by atoms with Crippen LogP contribution < -0.4 is 4.90 Å². The third-order valence-electron chi connectivity index (χ3n) is 5.92. The van der Waals surface area contributed by atoms with Gasteiger partial charge in [0.05, 0.1) is 10.6 Å². The zero-order valence-electron chi connectivity index (χ0n) is 16.6. The highest BCUT2D eigenvalue weighted by Crippen LogP contribution is 2.36. The summed E-state index contributed by atoms with van der Waals surface area (Å²) in [6, 6.07) is 1.13. The molecule has 2 aliphatic heterocycles. The molecule has 0 saturated carbocycles. The lowest BCUT2D eigenvalue weighted by Gasteiger charge is -2.41. The third-order valence-corrected chi connectivity index (χ3v) is 6.20. The number of likely N-dealkylation sites (tertiary alicyclic amines) is 1. The normalized spacial score (nSPS) is 21.9. The van der Waals surface area contributed by atoms with Crippen molar-refractivity contribution in [2.75, 3.05) is 38.3 Å². The topological polar surface area (TPSA) is 45.7 Å². The number of carbonyl (C=O) groups excluding carboxylic acids is 1. The Labute approximate surface area is 174 Å². The minimum atomic E-state index is -4.46. The Balaban J connectivity index is 1.67. The predicted octanol–water partition coefficient (Wildman–Crippen LogP) is 4.39. The van der Waals surface area contributed by atoms with Gasteiger partial charge in [-0.3, -0.25) is 4.79 Å². The summed E-state index contributed by atoms with van der Waals surface area (Å²) in [6.45, 7) is 2.18. The van der Waals surface area contributed by atoms with Gasteiger partial charge < -0.3 is 14.5 Å². The van der Waals surface area contributed by atoms with Crippen molar-refractivity contribution in [3.05, 3.63) is 22.8 Å². The standard InChI is InChI=1S/C20H27ClF3N3O2/c1-29-13-18(28)27-8-4-2-3-5-17(27)14-6-9-26(10-7-14)19-16(21)11-15(12-25-19)20(22,23)24/h11-12,14,17H,2-10,13H2,1H3/t17-/m0/s1. The van der Waals surface area contributed by atoms with Crippen LogP contribution in [0.4, 0.5) is 19.0 Å². The van der Waals surface area contributed by atoms with Crippen LogP contribution in [0.15, 0.2) is 12.3 Å². The minimum absolute atomic E-state index is 0.0182. The zero-order chi connectivity index (χ0) is 21.0. The van der Waals surface area contributed by atoms with E-state index in [1.54, 1.807) is 0 Å². The van der Waals surface area contributed by atoms with E-state index >= 15 is 0 Å². The van der Waals surface area contributed by atoms with Gasteiger partial charge in [0, 0.05) is 39.0 Å². The molecule has 3 heterocycles. The number of halogens is 4. The Morgan fingerprint density at radius 3 is 2.55 bits per heavy atom. The molecule has 0 bridgehead atoms.